The van der Waals surface area contributed by atoms with E-state index in [9.17, 15) is 5.11 Å². The Labute approximate surface area is 99.2 Å². The molecule has 1 heterocycles. The highest BCUT2D eigenvalue weighted by molar-refractivity contribution is 4.77. The minimum Gasteiger partial charge on any atom is -0.389 e. The van der Waals surface area contributed by atoms with Gasteiger partial charge in [-0.1, -0.05) is 6.92 Å². The number of hydrogen-bond acceptors (Lipinski definition) is 4. The fourth-order valence-corrected chi connectivity index (χ4v) is 2.12. The Morgan fingerprint density at radius 2 is 2.19 bits per heavy atom. The van der Waals surface area contributed by atoms with Gasteiger partial charge in [0.1, 0.15) is 0 Å². The van der Waals surface area contributed by atoms with Gasteiger partial charge in [-0.25, -0.2) is 0 Å². The molecule has 0 saturated carbocycles. The van der Waals surface area contributed by atoms with E-state index in [0.29, 0.717) is 6.54 Å². The molecule has 0 radical (unpaired) electrons. The molecule has 1 rings (SSSR count). The summed E-state index contributed by atoms with van der Waals surface area (Å²) >= 11 is 0. The molecule has 16 heavy (non-hydrogen) atoms. The average Bonchev–Trinajstić information content (AvgIpc) is 2.14. The van der Waals surface area contributed by atoms with E-state index in [4.69, 9.17) is 4.74 Å². The summed E-state index contributed by atoms with van der Waals surface area (Å²) < 4.78 is 5.73. The van der Waals surface area contributed by atoms with E-state index in [1.54, 1.807) is 0 Å². The van der Waals surface area contributed by atoms with Gasteiger partial charge in [0.05, 0.1) is 18.3 Å². The number of aliphatic hydroxyl groups is 1. The number of nitrogens with zero attached hydrogens (tertiary/aromatic N) is 2. The molecule has 1 unspecified atom stereocenters. The monoisotopic (exact) mass is 230 g/mol. The van der Waals surface area contributed by atoms with Gasteiger partial charge in [0.15, 0.2) is 0 Å². The molecule has 0 aromatic carbocycles. The van der Waals surface area contributed by atoms with Crippen LogP contribution in [0.15, 0.2) is 0 Å². The summed E-state index contributed by atoms with van der Waals surface area (Å²) in [5.41, 5.74) is -0.628. The van der Waals surface area contributed by atoms with Crippen molar-refractivity contribution in [3.63, 3.8) is 0 Å². The van der Waals surface area contributed by atoms with Gasteiger partial charge in [0, 0.05) is 26.2 Å². The SMILES string of the molecule is CCN(CC1CN(C)CCO1)CC(C)(C)O. The summed E-state index contributed by atoms with van der Waals surface area (Å²) in [4.78, 5) is 4.55. The zero-order valence-corrected chi connectivity index (χ0v) is 11.1. The van der Waals surface area contributed by atoms with Gasteiger partial charge in [-0.15, -0.1) is 0 Å². The lowest BCUT2D eigenvalue weighted by atomic mass is 10.1. The highest BCUT2D eigenvalue weighted by atomic mass is 16.5. The lowest BCUT2D eigenvalue weighted by molar-refractivity contribution is -0.0464. The summed E-state index contributed by atoms with van der Waals surface area (Å²) in [5, 5.41) is 9.81. The van der Waals surface area contributed by atoms with Crippen LogP contribution in [-0.4, -0.2) is 73.0 Å². The average molecular weight is 230 g/mol. The number of morpholine rings is 1. The van der Waals surface area contributed by atoms with Crippen molar-refractivity contribution in [2.75, 3.05) is 46.4 Å². The first kappa shape index (κ1) is 13.9. The number of hydrogen-bond donors (Lipinski definition) is 1. The smallest absolute Gasteiger partial charge is 0.0829 e. The number of ether oxygens (including phenoxy) is 1. The van der Waals surface area contributed by atoms with E-state index in [-0.39, 0.29) is 6.10 Å². The molecule has 1 aliphatic heterocycles. The van der Waals surface area contributed by atoms with Crippen molar-refractivity contribution < 1.29 is 9.84 Å². The molecule has 0 bridgehead atoms. The molecule has 0 spiro atoms. The molecular weight excluding hydrogens is 204 g/mol. The molecule has 1 N–H and O–H groups in total. The van der Waals surface area contributed by atoms with Crippen molar-refractivity contribution in [3.05, 3.63) is 0 Å². The van der Waals surface area contributed by atoms with Crippen LogP contribution in [0.2, 0.25) is 0 Å². The Hall–Kier alpha value is -0.160. The van der Waals surface area contributed by atoms with Crippen molar-refractivity contribution in [1.82, 2.24) is 9.80 Å². The molecule has 4 heteroatoms. The fraction of sp³-hybridized carbons (Fsp3) is 1.00. The van der Waals surface area contributed by atoms with Gasteiger partial charge in [0.25, 0.3) is 0 Å². The van der Waals surface area contributed by atoms with Gasteiger partial charge in [-0.05, 0) is 27.4 Å². The lowest BCUT2D eigenvalue weighted by Gasteiger charge is -2.35. The van der Waals surface area contributed by atoms with Gasteiger partial charge in [0.2, 0.25) is 0 Å². The molecule has 0 aromatic heterocycles. The maximum absolute atomic E-state index is 9.81. The Kier molecular flexibility index (Phi) is 5.18. The van der Waals surface area contributed by atoms with Crippen LogP contribution in [-0.2, 0) is 4.74 Å². The van der Waals surface area contributed by atoms with Crippen molar-refractivity contribution in [2.24, 2.45) is 0 Å². The van der Waals surface area contributed by atoms with Crippen LogP contribution in [0.25, 0.3) is 0 Å². The van der Waals surface area contributed by atoms with Crippen molar-refractivity contribution >= 4 is 0 Å². The Bertz CT molecular complexity index is 204. The second kappa shape index (κ2) is 5.96. The lowest BCUT2D eigenvalue weighted by Crippen LogP contribution is -2.48. The molecule has 1 aliphatic rings. The summed E-state index contributed by atoms with van der Waals surface area (Å²) in [6, 6.07) is 0. The topological polar surface area (TPSA) is 35.9 Å². The first-order valence-electron chi connectivity index (χ1n) is 6.15. The predicted octanol–water partition coefficient (Wildman–Crippen LogP) is 0.410. The number of rotatable bonds is 5. The Morgan fingerprint density at radius 3 is 2.69 bits per heavy atom. The van der Waals surface area contributed by atoms with Crippen LogP contribution in [0, 0.1) is 0 Å². The van der Waals surface area contributed by atoms with Crippen LogP contribution in [0.4, 0.5) is 0 Å². The first-order chi connectivity index (χ1) is 7.40. The molecular formula is C12H26N2O2. The summed E-state index contributed by atoms with van der Waals surface area (Å²) in [6.07, 6.45) is 0.279. The molecule has 1 saturated heterocycles. The standard InChI is InChI=1S/C12H26N2O2/c1-5-14(10-12(2,3)15)9-11-8-13(4)6-7-16-11/h11,15H,5-10H2,1-4H3. The molecule has 96 valence electrons. The normalized spacial score (nSPS) is 24.0. The van der Waals surface area contributed by atoms with E-state index >= 15 is 0 Å². The van der Waals surface area contributed by atoms with Crippen LogP contribution >= 0.6 is 0 Å². The van der Waals surface area contributed by atoms with Crippen molar-refractivity contribution in [1.29, 1.82) is 0 Å². The third-order valence-electron chi connectivity index (χ3n) is 2.86. The Morgan fingerprint density at radius 1 is 1.50 bits per heavy atom. The number of likely N-dealkylation sites (N-methyl/N-ethyl adjacent to an activating group) is 2. The van der Waals surface area contributed by atoms with Crippen molar-refractivity contribution in [3.8, 4) is 0 Å². The molecule has 1 atom stereocenters. The van der Waals surface area contributed by atoms with E-state index in [1.165, 1.54) is 0 Å². The minimum absolute atomic E-state index is 0.279. The first-order valence-corrected chi connectivity index (χ1v) is 6.15. The summed E-state index contributed by atoms with van der Waals surface area (Å²) in [5.74, 6) is 0. The zero-order chi connectivity index (χ0) is 12.2. The largest absolute Gasteiger partial charge is 0.389 e. The maximum Gasteiger partial charge on any atom is 0.0829 e. The molecule has 0 aliphatic carbocycles. The van der Waals surface area contributed by atoms with E-state index in [0.717, 1.165) is 32.8 Å². The van der Waals surface area contributed by atoms with Gasteiger partial charge < -0.3 is 14.7 Å². The second-order valence-corrected chi connectivity index (χ2v) is 5.40. The quantitative estimate of drug-likeness (QED) is 0.742. The Balaban J connectivity index is 2.37. The molecule has 0 amide bonds. The van der Waals surface area contributed by atoms with E-state index < -0.39 is 5.60 Å². The van der Waals surface area contributed by atoms with E-state index in [2.05, 4.69) is 23.8 Å². The summed E-state index contributed by atoms with van der Waals surface area (Å²) in [6.45, 7) is 11.2. The predicted molar refractivity (Wildman–Crippen MR) is 65.6 cm³/mol. The van der Waals surface area contributed by atoms with Gasteiger partial charge >= 0.3 is 0 Å². The van der Waals surface area contributed by atoms with Crippen LogP contribution < -0.4 is 0 Å². The third kappa shape index (κ3) is 5.25. The molecule has 1 fully saturated rings. The van der Waals surface area contributed by atoms with Crippen LogP contribution in [0.1, 0.15) is 20.8 Å². The van der Waals surface area contributed by atoms with Crippen LogP contribution in [0.3, 0.4) is 0 Å². The maximum atomic E-state index is 9.81. The van der Waals surface area contributed by atoms with Crippen LogP contribution in [0.5, 0.6) is 0 Å². The van der Waals surface area contributed by atoms with E-state index in [1.807, 2.05) is 13.8 Å². The third-order valence-corrected chi connectivity index (χ3v) is 2.86. The molecule has 4 nitrogen and oxygen atoms in total. The molecule has 0 aromatic rings. The minimum atomic E-state index is -0.628. The fourth-order valence-electron chi connectivity index (χ4n) is 2.12. The summed E-state index contributed by atoms with van der Waals surface area (Å²) in [7, 11) is 2.13. The van der Waals surface area contributed by atoms with Gasteiger partial charge in [-0.3, -0.25) is 4.90 Å². The van der Waals surface area contributed by atoms with Crippen molar-refractivity contribution in [2.45, 2.75) is 32.5 Å². The highest BCUT2D eigenvalue weighted by Gasteiger charge is 2.23. The van der Waals surface area contributed by atoms with Gasteiger partial charge in [-0.2, -0.15) is 0 Å². The zero-order valence-electron chi connectivity index (χ0n) is 11.1. The second-order valence-electron chi connectivity index (χ2n) is 5.40. The highest BCUT2D eigenvalue weighted by Crippen LogP contribution is 2.09.